The summed E-state index contributed by atoms with van der Waals surface area (Å²) in [5.74, 6) is -5.26. The quantitative estimate of drug-likeness (QED) is 0.0254. The molecule has 0 aromatic heterocycles. The lowest BCUT2D eigenvalue weighted by Gasteiger charge is -2.18. The van der Waals surface area contributed by atoms with Crippen LogP contribution < -0.4 is 0 Å². The Balaban J connectivity index is 0. The van der Waals surface area contributed by atoms with Crippen LogP contribution in [0.4, 0.5) is 0 Å². The molecule has 0 aliphatic rings. The minimum Gasteiger partial charge on any atom is -0.481 e. The van der Waals surface area contributed by atoms with Gasteiger partial charge >= 0.3 is 23.9 Å². The number of ether oxygens (including phenoxy) is 1. The Kier molecular flexibility index (Phi) is 40.8. The zero-order valence-electron chi connectivity index (χ0n) is 35.8. The van der Waals surface area contributed by atoms with E-state index < -0.39 is 42.5 Å². The van der Waals surface area contributed by atoms with Crippen LogP contribution in [0.5, 0.6) is 0 Å². The first-order valence-corrected chi connectivity index (χ1v) is 22.8. The maximum atomic E-state index is 12.7. The number of carboxylic acid groups (broad SMARTS) is 3. The van der Waals surface area contributed by atoms with Gasteiger partial charge in [-0.2, -0.15) is 0 Å². The number of carboxylic acids is 3. The number of carbonyl (C=O) groups excluding carboxylic acids is 1. The molecule has 0 saturated carbocycles. The third-order valence-corrected chi connectivity index (χ3v) is 10.6. The molecule has 0 fully saturated rings. The second-order valence-corrected chi connectivity index (χ2v) is 16.1. The number of hydrogen-bond donors (Lipinski definition) is 6. The smallest absolute Gasteiger partial charge is 0.336 e. The third kappa shape index (κ3) is 38.6. The molecular formula is C45H86O11. The van der Waals surface area contributed by atoms with Crippen molar-refractivity contribution in [3.05, 3.63) is 0 Å². The van der Waals surface area contributed by atoms with Crippen molar-refractivity contribution in [1.29, 1.82) is 0 Å². The largest absolute Gasteiger partial charge is 0.481 e. The lowest BCUT2D eigenvalue weighted by molar-refractivity contribution is -0.170. The van der Waals surface area contributed by atoms with Gasteiger partial charge in [-0.3, -0.25) is 14.4 Å². The van der Waals surface area contributed by atoms with Gasteiger partial charge < -0.3 is 35.4 Å². The Hall–Kier alpha value is -2.24. The number of esters is 1. The summed E-state index contributed by atoms with van der Waals surface area (Å²) in [7, 11) is 0. The molecule has 0 rings (SSSR count). The lowest BCUT2D eigenvalue weighted by Crippen LogP contribution is -2.42. The first-order valence-electron chi connectivity index (χ1n) is 22.8. The fraction of sp³-hybridized carbons (Fsp3) is 0.911. The van der Waals surface area contributed by atoms with Crippen molar-refractivity contribution < 1.29 is 54.6 Å². The van der Waals surface area contributed by atoms with E-state index in [1.807, 2.05) is 0 Å². The molecule has 0 amide bonds. The van der Waals surface area contributed by atoms with E-state index in [0.717, 1.165) is 25.7 Å². The number of rotatable bonds is 41. The highest BCUT2D eigenvalue weighted by Gasteiger charge is 2.40. The highest BCUT2D eigenvalue weighted by atomic mass is 16.5. The van der Waals surface area contributed by atoms with Crippen molar-refractivity contribution in [3.63, 3.8) is 0 Å². The number of aliphatic hydroxyl groups excluding tert-OH is 2. The van der Waals surface area contributed by atoms with Crippen LogP contribution in [0.2, 0.25) is 0 Å². The normalized spacial score (nSPS) is 12.4. The van der Waals surface area contributed by atoms with Crippen molar-refractivity contribution in [2.75, 3.05) is 13.2 Å². The Morgan fingerprint density at radius 1 is 0.482 bits per heavy atom. The van der Waals surface area contributed by atoms with Gasteiger partial charge in [-0.25, -0.2) is 4.79 Å². The van der Waals surface area contributed by atoms with Crippen molar-refractivity contribution in [2.45, 2.75) is 244 Å². The molecule has 56 heavy (non-hydrogen) atoms. The van der Waals surface area contributed by atoms with Crippen LogP contribution >= 0.6 is 0 Å². The van der Waals surface area contributed by atoms with Gasteiger partial charge in [0, 0.05) is 0 Å². The van der Waals surface area contributed by atoms with Crippen LogP contribution in [0.3, 0.4) is 0 Å². The van der Waals surface area contributed by atoms with Crippen LogP contribution in [-0.2, 0) is 23.9 Å². The second kappa shape index (κ2) is 40.9. The minimum atomic E-state index is -2.74. The van der Waals surface area contributed by atoms with Gasteiger partial charge in [-0.05, 0) is 12.8 Å². The van der Waals surface area contributed by atoms with E-state index in [4.69, 9.17) is 30.3 Å². The van der Waals surface area contributed by atoms with Crippen molar-refractivity contribution in [3.8, 4) is 0 Å². The molecule has 0 aromatic rings. The topological polar surface area (TPSA) is 199 Å². The van der Waals surface area contributed by atoms with Crippen LogP contribution in [0.1, 0.15) is 232 Å². The first-order chi connectivity index (χ1) is 26.9. The molecular weight excluding hydrogens is 716 g/mol. The van der Waals surface area contributed by atoms with Gasteiger partial charge in [-0.15, -0.1) is 0 Å². The monoisotopic (exact) mass is 803 g/mol. The van der Waals surface area contributed by atoms with Gasteiger partial charge in [0.25, 0.3) is 0 Å². The number of aliphatic hydroxyl groups is 3. The van der Waals surface area contributed by atoms with Gasteiger partial charge in [-0.1, -0.05) is 206 Å². The standard InChI is InChI=1S/C39H78O4.C6H8O7/c1-3-5-7-9-11-13-15-17-19-20-22-24-26-28-30-32-34-37(39(42)43-36-38(41)35-40)33-31-29-27-25-23-21-18-16-14-12-10-8-6-4-2;7-3(8)1-6(13,5(11)12)2-4(9)10/h37-38,40-41H,3-36H2,1-2H3;13H,1-2H2,(H,7,8)(H,9,10)(H,11,12). The summed E-state index contributed by atoms with van der Waals surface area (Å²) in [6.45, 7) is 4.11. The Bertz CT molecular complexity index is 910. The minimum absolute atomic E-state index is 0.0603. The van der Waals surface area contributed by atoms with Crippen molar-refractivity contribution >= 4 is 23.9 Å². The highest BCUT2D eigenvalue weighted by molar-refractivity contribution is 5.88. The molecule has 6 N–H and O–H groups in total. The Morgan fingerprint density at radius 2 is 0.750 bits per heavy atom. The maximum absolute atomic E-state index is 12.7. The van der Waals surface area contributed by atoms with Gasteiger partial charge in [0.2, 0.25) is 0 Å². The Labute approximate surface area is 340 Å². The molecule has 0 aliphatic heterocycles. The fourth-order valence-corrected chi connectivity index (χ4v) is 6.97. The zero-order chi connectivity index (χ0) is 42.1. The van der Waals surface area contributed by atoms with Crippen molar-refractivity contribution in [1.82, 2.24) is 0 Å². The summed E-state index contributed by atoms with van der Waals surface area (Å²) >= 11 is 0. The van der Waals surface area contributed by atoms with Gasteiger partial charge in [0.05, 0.1) is 25.4 Å². The summed E-state index contributed by atoms with van der Waals surface area (Å²) < 4.78 is 5.36. The molecule has 0 radical (unpaired) electrons. The zero-order valence-corrected chi connectivity index (χ0v) is 35.8. The maximum Gasteiger partial charge on any atom is 0.336 e. The molecule has 2 atom stereocenters. The molecule has 0 saturated heterocycles. The Morgan fingerprint density at radius 3 is 0.982 bits per heavy atom. The molecule has 0 heterocycles. The summed E-state index contributed by atoms with van der Waals surface area (Å²) in [5.41, 5.74) is -2.74. The fourth-order valence-electron chi connectivity index (χ4n) is 6.97. The van der Waals surface area contributed by atoms with E-state index in [0.29, 0.717) is 0 Å². The molecule has 0 aliphatic carbocycles. The summed E-state index contributed by atoms with van der Waals surface area (Å²) in [5, 5.41) is 52.5. The molecule has 11 heteroatoms. The molecule has 2 unspecified atom stereocenters. The van der Waals surface area contributed by atoms with Crippen LogP contribution in [-0.4, -0.2) is 79.4 Å². The van der Waals surface area contributed by atoms with E-state index in [2.05, 4.69) is 13.8 Å². The third-order valence-electron chi connectivity index (χ3n) is 10.6. The van der Waals surface area contributed by atoms with Gasteiger partial charge in [0.1, 0.15) is 12.7 Å². The van der Waals surface area contributed by atoms with E-state index in [1.54, 1.807) is 0 Å². The summed E-state index contributed by atoms with van der Waals surface area (Å²) in [4.78, 5) is 43.2. The van der Waals surface area contributed by atoms with Crippen molar-refractivity contribution in [2.24, 2.45) is 5.92 Å². The first kappa shape index (κ1) is 55.9. The van der Waals surface area contributed by atoms with Crippen LogP contribution in [0.15, 0.2) is 0 Å². The SMILES string of the molecule is CCCCCCCCCCCCCCCCCCC(CCCCCCCCCCCCCCCC)C(=O)OCC(O)CO.O=C(O)CC(O)(CC(=O)O)C(=O)O. The average Bonchev–Trinajstić information content (AvgIpc) is 3.15. The average molecular weight is 803 g/mol. The molecule has 0 spiro atoms. The summed E-state index contributed by atoms with van der Waals surface area (Å²) in [6.07, 6.45) is 39.0. The number of carbonyl (C=O) groups is 4. The predicted octanol–water partition coefficient (Wildman–Crippen LogP) is 10.8. The summed E-state index contributed by atoms with van der Waals surface area (Å²) in [6, 6.07) is 0. The molecule has 0 aromatic carbocycles. The van der Waals surface area contributed by atoms with E-state index in [-0.39, 0.29) is 25.1 Å². The predicted molar refractivity (Wildman–Crippen MR) is 224 cm³/mol. The number of aliphatic carboxylic acids is 3. The number of unbranched alkanes of at least 4 members (excludes halogenated alkanes) is 28. The second-order valence-electron chi connectivity index (χ2n) is 16.1. The van der Waals surface area contributed by atoms with Crippen LogP contribution in [0, 0.1) is 5.92 Å². The lowest BCUT2D eigenvalue weighted by atomic mass is 9.94. The highest BCUT2D eigenvalue weighted by Crippen LogP contribution is 2.22. The number of hydrogen-bond acceptors (Lipinski definition) is 8. The molecule has 332 valence electrons. The van der Waals surface area contributed by atoms with E-state index in [1.165, 1.54) is 180 Å². The van der Waals surface area contributed by atoms with E-state index >= 15 is 0 Å². The molecule has 11 nitrogen and oxygen atoms in total. The van der Waals surface area contributed by atoms with E-state index in [9.17, 15) is 24.3 Å². The van der Waals surface area contributed by atoms with Crippen LogP contribution in [0.25, 0.3) is 0 Å². The molecule has 0 bridgehead atoms. The van der Waals surface area contributed by atoms with Gasteiger partial charge in [0.15, 0.2) is 5.60 Å².